The van der Waals surface area contributed by atoms with Crippen LogP contribution in [0.1, 0.15) is 11.1 Å². The van der Waals surface area contributed by atoms with Crippen molar-refractivity contribution < 1.29 is 8.42 Å². The predicted molar refractivity (Wildman–Crippen MR) is 101 cm³/mol. The maximum absolute atomic E-state index is 12.0. The van der Waals surface area contributed by atoms with E-state index in [4.69, 9.17) is 5.14 Å². The first kappa shape index (κ1) is 18.4. The van der Waals surface area contributed by atoms with Crippen molar-refractivity contribution in [3.05, 3.63) is 64.1 Å². The number of imidazole rings is 1. The number of nitrogens with zero attached hydrogens (tertiary/aromatic N) is 2. The maximum atomic E-state index is 12.0. The van der Waals surface area contributed by atoms with Crippen molar-refractivity contribution >= 4 is 21.1 Å². The summed E-state index contributed by atoms with van der Waals surface area (Å²) < 4.78 is 25.8. The average molecular weight is 374 g/mol. The van der Waals surface area contributed by atoms with Gasteiger partial charge < -0.3 is 5.32 Å². The van der Waals surface area contributed by atoms with E-state index in [9.17, 15) is 13.2 Å². The van der Waals surface area contributed by atoms with E-state index in [1.807, 2.05) is 18.2 Å². The van der Waals surface area contributed by atoms with Gasteiger partial charge in [-0.15, -0.1) is 0 Å². The highest BCUT2D eigenvalue weighted by Crippen LogP contribution is 2.14. The van der Waals surface area contributed by atoms with Crippen molar-refractivity contribution in [2.24, 2.45) is 19.2 Å². The SMILES string of the molecule is Cn1c(=O)n(C)c2cc(CNCCc3ccc(S(N)(=O)=O)cc3)ccc21. The quantitative estimate of drug-likeness (QED) is 0.625. The first-order valence-corrected chi connectivity index (χ1v) is 9.79. The molecule has 3 aromatic rings. The fourth-order valence-electron chi connectivity index (χ4n) is 2.97. The summed E-state index contributed by atoms with van der Waals surface area (Å²) in [5.41, 5.74) is 3.92. The van der Waals surface area contributed by atoms with Crippen molar-refractivity contribution in [2.75, 3.05) is 6.54 Å². The summed E-state index contributed by atoms with van der Waals surface area (Å²) in [5.74, 6) is 0. The molecule has 0 atom stereocenters. The third-order valence-corrected chi connectivity index (χ3v) is 5.44. The Kier molecular flexibility index (Phi) is 4.99. The molecule has 7 nitrogen and oxygen atoms in total. The molecular weight excluding hydrogens is 352 g/mol. The molecule has 8 heteroatoms. The number of primary sulfonamides is 1. The van der Waals surface area contributed by atoms with Crippen molar-refractivity contribution in [1.29, 1.82) is 0 Å². The Hall–Kier alpha value is -2.42. The number of hydrogen-bond donors (Lipinski definition) is 2. The third-order valence-electron chi connectivity index (χ3n) is 4.51. The zero-order valence-electron chi connectivity index (χ0n) is 14.8. The van der Waals surface area contributed by atoms with E-state index < -0.39 is 10.0 Å². The van der Waals surface area contributed by atoms with Crippen molar-refractivity contribution in [3.8, 4) is 0 Å². The zero-order valence-corrected chi connectivity index (χ0v) is 15.6. The standard InChI is InChI=1S/C18H22N4O3S/c1-21-16-8-5-14(11-17(16)22(2)18(21)23)12-20-10-9-13-3-6-15(7-4-13)26(19,24)25/h3-8,11,20H,9-10,12H2,1-2H3,(H2,19,24,25). The Balaban J connectivity index is 1.59. The van der Waals surface area contributed by atoms with Crippen LogP contribution in [0, 0.1) is 0 Å². The molecule has 3 rings (SSSR count). The number of rotatable bonds is 6. The van der Waals surface area contributed by atoms with E-state index in [0.29, 0.717) is 6.54 Å². The molecule has 138 valence electrons. The average Bonchev–Trinajstić information content (AvgIpc) is 2.83. The minimum Gasteiger partial charge on any atom is -0.312 e. The largest absolute Gasteiger partial charge is 0.328 e. The number of benzene rings is 2. The molecule has 0 aliphatic rings. The Morgan fingerprint density at radius 3 is 2.23 bits per heavy atom. The Bertz CT molecular complexity index is 1100. The Morgan fingerprint density at radius 2 is 1.58 bits per heavy atom. The first-order chi connectivity index (χ1) is 12.3. The van der Waals surface area contributed by atoms with E-state index in [-0.39, 0.29) is 10.6 Å². The number of hydrogen-bond acceptors (Lipinski definition) is 4. The minimum atomic E-state index is -3.65. The van der Waals surface area contributed by atoms with Crippen LogP contribution in [-0.2, 0) is 37.1 Å². The number of nitrogens with two attached hydrogens (primary N) is 1. The molecule has 0 amide bonds. The predicted octanol–water partition coefficient (Wildman–Crippen LogP) is 0.857. The van der Waals surface area contributed by atoms with Crippen LogP contribution in [0.15, 0.2) is 52.2 Å². The Labute approximate surface area is 152 Å². The monoisotopic (exact) mass is 374 g/mol. The van der Waals surface area contributed by atoms with E-state index in [1.165, 1.54) is 12.1 Å². The third kappa shape index (κ3) is 3.72. The molecule has 1 aromatic heterocycles. The first-order valence-electron chi connectivity index (χ1n) is 8.24. The summed E-state index contributed by atoms with van der Waals surface area (Å²) in [6.07, 6.45) is 0.775. The summed E-state index contributed by atoms with van der Waals surface area (Å²) in [5, 5.41) is 8.45. The maximum Gasteiger partial charge on any atom is 0.328 e. The van der Waals surface area contributed by atoms with Crippen LogP contribution < -0.4 is 16.1 Å². The smallest absolute Gasteiger partial charge is 0.312 e. The highest BCUT2D eigenvalue weighted by atomic mass is 32.2. The molecule has 0 saturated heterocycles. The molecule has 26 heavy (non-hydrogen) atoms. The van der Waals surface area contributed by atoms with Gasteiger partial charge in [0, 0.05) is 20.6 Å². The van der Waals surface area contributed by atoms with Gasteiger partial charge in [0.25, 0.3) is 0 Å². The molecule has 2 aromatic carbocycles. The summed E-state index contributed by atoms with van der Waals surface area (Å²) in [6.45, 7) is 1.44. The lowest BCUT2D eigenvalue weighted by molar-refractivity contribution is 0.597. The van der Waals surface area contributed by atoms with Gasteiger partial charge in [-0.2, -0.15) is 0 Å². The molecule has 0 bridgehead atoms. The molecule has 0 aliphatic heterocycles. The number of aryl methyl sites for hydroxylation is 2. The molecule has 0 fully saturated rings. The zero-order chi connectivity index (χ0) is 18.9. The number of nitrogens with one attached hydrogen (secondary N) is 1. The molecule has 0 aliphatic carbocycles. The van der Waals surface area contributed by atoms with E-state index >= 15 is 0 Å². The molecule has 0 radical (unpaired) electrons. The van der Waals surface area contributed by atoms with Gasteiger partial charge in [0.05, 0.1) is 15.9 Å². The highest BCUT2D eigenvalue weighted by molar-refractivity contribution is 7.89. The van der Waals surface area contributed by atoms with Crippen LogP contribution in [0.4, 0.5) is 0 Å². The van der Waals surface area contributed by atoms with Gasteiger partial charge in [0.1, 0.15) is 0 Å². The van der Waals surface area contributed by atoms with Crippen LogP contribution in [0.25, 0.3) is 11.0 Å². The molecule has 0 unspecified atom stereocenters. The van der Waals surface area contributed by atoms with Gasteiger partial charge in [0.2, 0.25) is 10.0 Å². The van der Waals surface area contributed by atoms with Crippen molar-refractivity contribution in [2.45, 2.75) is 17.9 Å². The van der Waals surface area contributed by atoms with Crippen molar-refractivity contribution in [3.63, 3.8) is 0 Å². The fraction of sp³-hybridized carbons (Fsp3) is 0.278. The van der Waals surface area contributed by atoms with Gasteiger partial charge in [-0.3, -0.25) is 9.13 Å². The highest BCUT2D eigenvalue weighted by Gasteiger charge is 2.08. The van der Waals surface area contributed by atoms with Gasteiger partial charge in [-0.1, -0.05) is 18.2 Å². The summed E-state index contributed by atoms with van der Waals surface area (Å²) in [7, 11) is -0.107. The molecule has 0 saturated carbocycles. The summed E-state index contributed by atoms with van der Waals surface area (Å²) in [6, 6.07) is 12.6. The lowest BCUT2D eigenvalue weighted by Crippen LogP contribution is -2.19. The molecule has 0 spiro atoms. The van der Waals surface area contributed by atoms with Crippen LogP contribution in [0.3, 0.4) is 0 Å². The lowest BCUT2D eigenvalue weighted by atomic mass is 10.1. The Morgan fingerprint density at radius 1 is 0.962 bits per heavy atom. The number of fused-ring (bicyclic) bond motifs is 1. The fourth-order valence-corrected chi connectivity index (χ4v) is 3.49. The number of aromatic nitrogens is 2. The van der Waals surface area contributed by atoms with Crippen LogP contribution in [-0.4, -0.2) is 24.1 Å². The minimum absolute atomic E-state index is 0.0342. The second kappa shape index (κ2) is 7.06. The topological polar surface area (TPSA) is 99.1 Å². The van der Waals surface area contributed by atoms with Crippen LogP contribution >= 0.6 is 0 Å². The second-order valence-electron chi connectivity index (χ2n) is 6.34. The number of sulfonamides is 1. The summed E-state index contributed by atoms with van der Waals surface area (Å²) >= 11 is 0. The molecule has 3 N–H and O–H groups in total. The van der Waals surface area contributed by atoms with Gasteiger partial charge in [-0.05, 0) is 48.4 Å². The normalized spacial score (nSPS) is 12.0. The van der Waals surface area contributed by atoms with E-state index in [1.54, 1.807) is 35.4 Å². The van der Waals surface area contributed by atoms with Crippen LogP contribution in [0.5, 0.6) is 0 Å². The van der Waals surface area contributed by atoms with E-state index in [0.717, 1.165) is 35.1 Å². The van der Waals surface area contributed by atoms with Gasteiger partial charge >= 0.3 is 5.69 Å². The van der Waals surface area contributed by atoms with Gasteiger partial charge in [-0.25, -0.2) is 18.4 Å². The lowest BCUT2D eigenvalue weighted by Gasteiger charge is -2.07. The van der Waals surface area contributed by atoms with Crippen molar-refractivity contribution in [1.82, 2.24) is 14.5 Å². The molecular formula is C18H22N4O3S. The van der Waals surface area contributed by atoms with E-state index in [2.05, 4.69) is 5.32 Å². The second-order valence-corrected chi connectivity index (χ2v) is 7.90. The van der Waals surface area contributed by atoms with Gasteiger partial charge in [0.15, 0.2) is 0 Å². The molecule has 1 heterocycles. The van der Waals surface area contributed by atoms with Crippen LogP contribution in [0.2, 0.25) is 0 Å². The summed E-state index contributed by atoms with van der Waals surface area (Å²) in [4.78, 5) is 12.1.